The van der Waals surface area contributed by atoms with E-state index >= 15 is 0 Å². The molecule has 1 heterocycles. The highest BCUT2D eigenvalue weighted by Gasteiger charge is 2.24. The number of fused-ring (bicyclic) bond motifs is 1. The molecule has 1 aliphatic rings. The van der Waals surface area contributed by atoms with Crippen LogP contribution in [0, 0.1) is 5.92 Å². The third-order valence-corrected chi connectivity index (χ3v) is 4.22. The molecular formula is C17H26N2O. The van der Waals surface area contributed by atoms with E-state index in [1.54, 1.807) is 0 Å². The lowest BCUT2D eigenvalue weighted by molar-refractivity contribution is 0.244. The number of anilines is 1. The van der Waals surface area contributed by atoms with Crippen LogP contribution < -0.4 is 10.2 Å². The lowest BCUT2D eigenvalue weighted by atomic mass is 9.99. The minimum Gasteiger partial charge on any atom is -0.337 e. The van der Waals surface area contributed by atoms with Crippen molar-refractivity contribution in [2.45, 2.75) is 46.0 Å². The van der Waals surface area contributed by atoms with Gasteiger partial charge in [0.2, 0.25) is 0 Å². The van der Waals surface area contributed by atoms with Gasteiger partial charge in [0.1, 0.15) is 0 Å². The molecule has 2 rings (SSSR count). The number of carbonyl (C=O) groups is 1. The van der Waals surface area contributed by atoms with Crippen molar-refractivity contribution in [2.75, 3.05) is 18.0 Å². The molecule has 0 radical (unpaired) electrons. The van der Waals surface area contributed by atoms with Crippen molar-refractivity contribution in [3.8, 4) is 0 Å². The molecule has 0 bridgehead atoms. The van der Waals surface area contributed by atoms with E-state index in [4.69, 9.17) is 0 Å². The standard InChI is InChI=1S/C17H26N2O/c1-3-5-8-14(4-2)13-18-17(20)19-12-11-15-9-6-7-10-16(15)19/h6-7,9-10,14H,3-5,8,11-13H2,1-2H3,(H,18,20). The smallest absolute Gasteiger partial charge is 0.321 e. The van der Waals surface area contributed by atoms with Crippen molar-refractivity contribution >= 4 is 11.7 Å². The van der Waals surface area contributed by atoms with E-state index in [9.17, 15) is 4.79 Å². The van der Waals surface area contributed by atoms with Gasteiger partial charge in [0.15, 0.2) is 0 Å². The van der Waals surface area contributed by atoms with E-state index in [-0.39, 0.29) is 6.03 Å². The van der Waals surface area contributed by atoms with Gasteiger partial charge in [-0.2, -0.15) is 0 Å². The molecule has 1 unspecified atom stereocenters. The van der Waals surface area contributed by atoms with Crippen LogP contribution in [0.5, 0.6) is 0 Å². The second kappa shape index (κ2) is 7.32. The first kappa shape index (κ1) is 14.9. The maximum atomic E-state index is 12.3. The number of nitrogens with zero attached hydrogens (tertiary/aromatic N) is 1. The van der Waals surface area contributed by atoms with Gasteiger partial charge in [-0.05, 0) is 30.4 Å². The number of amides is 2. The van der Waals surface area contributed by atoms with Crippen molar-refractivity contribution in [2.24, 2.45) is 5.92 Å². The Morgan fingerprint density at radius 3 is 2.90 bits per heavy atom. The van der Waals surface area contributed by atoms with E-state index in [0.717, 1.165) is 31.6 Å². The fourth-order valence-corrected chi connectivity index (χ4v) is 2.82. The lowest BCUT2D eigenvalue weighted by Gasteiger charge is -2.21. The van der Waals surface area contributed by atoms with Crippen molar-refractivity contribution < 1.29 is 4.79 Å². The fourth-order valence-electron chi connectivity index (χ4n) is 2.82. The zero-order chi connectivity index (χ0) is 14.4. The number of hydrogen-bond acceptors (Lipinski definition) is 1. The van der Waals surface area contributed by atoms with Crippen molar-refractivity contribution in [1.29, 1.82) is 0 Å². The Morgan fingerprint density at radius 1 is 1.35 bits per heavy atom. The fraction of sp³-hybridized carbons (Fsp3) is 0.588. The monoisotopic (exact) mass is 274 g/mol. The predicted molar refractivity (Wildman–Crippen MR) is 84.2 cm³/mol. The third-order valence-electron chi connectivity index (χ3n) is 4.22. The number of nitrogens with one attached hydrogen (secondary N) is 1. The summed E-state index contributed by atoms with van der Waals surface area (Å²) < 4.78 is 0. The summed E-state index contributed by atoms with van der Waals surface area (Å²) in [5, 5.41) is 3.11. The molecule has 0 fully saturated rings. The second-order valence-electron chi connectivity index (χ2n) is 5.63. The van der Waals surface area contributed by atoms with Gasteiger partial charge in [-0.25, -0.2) is 4.79 Å². The summed E-state index contributed by atoms with van der Waals surface area (Å²) in [6.45, 7) is 6.02. The van der Waals surface area contributed by atoms with Gasteiger partial charge >= 0.3 is 6.03 Å². The highest BCUT2D eigenvalue weighted by atomic mass is 16.2. The van der Waals surface area contributed by atoms with Crippen LogP contribution in [0.25, 0.3) is 0 Å². The normalized spacial score (nSPS) is 15.0. The van der Waals surface area contributed by atoms with Crippen LogP contribution in [0.1, 0.15) is 45.1 Å². The number of rotatable bonds is 6. The molecule has 1 aliphatic heterocycles. The van der Waals surface area contributed by atoms with Gasteiger partial charge in [0.25, 0.3) is 0 Å². The highest BCUT2D eigenvalue weighted by molar-refractivity contribution is 5.94. The largest absolute Gasteiger partial charge is 0.337 e. The minimum atomic E-state index is 0.0601. The van der Waals surface area contributed by atoms with Crippen LogP contribution >= 0.6 is 0 Å². The average molecular weight is 274 g/mol. The van der Waals surface area contributed by atoms with Gasteiger partial charge in [-0.3, -0.25) is 4.90 Å². The molecule has 1 N–H and O–H groups in total. The van der Waals surface area contributed by atoms with Gasteiger partial charge in [0, 0.05) is 18.8 Å². The molecule has 20 heavy (non-hydrogen) atoms. The predicted octanol–water partition coefficient (Wildman–Crippen LogP) is 3.98. The Balaban J connectivity index is 1.87. The summed E-state index contributed by atoms with van der Waals surface area (Å²) in [5.74, 6) is 0.608. The topological polar surface area (TPSA) is 32.3 Å². The molecule has 1 aromatic carbocycles. The summed E-state index contributed by atoms with van der Waals surface area (Å²) in [5.41, 5.74) is 2.35. The molecule has 0 aliphatic carbocycles. The second-order valence-corrected chi connectivity index (χ2v) is 5.63. The van der Waals surface area contributed by atoms with Gasteiger partial charge in [-0.1, -0.05) is 51.3 Å². The molecule has 0 spiro atoms. The Bertz CT molecular complexity index is 444. The highest BCUT2D eigenvalue weighted by Crippen LogP contribution is 2.27. The van der Waals surface area contributed by atoms with E-state index < -0.39 is 0 Å². The summed E-state index contributed by atoms with van der Waals surface area (Å²) >= 11 is 0. The SMILES string of the molecule is CCCCC(CC)CNC(=O)N1CCc2ccccc21. The molecule has 2 amide bonds. The molecule has 1 atom stereocenters. The third kappa shape index (κ3) is 3.53. The summed E-state index contributed by atoms with van der Waals surface area (Å²) in [4.78, 5) is 14.2. The molecule has 0 saturated heterocycles. The number of carbonyl (C=O) groups excluding carboxylic acids is 1. The zero-order valence-corrected chi connectivity index (χ0v) is 12.7. The van der Waals surface area contributed by atoms with E-state index in [1.807, 2.05) is 23.1 Å². The van der Waals surface area contributed by atoms with Crippen LogP contribution in [0.4, 0.5) is 10.5 Å². The van der Waals surface area contributed by atoms with Crippen LogP contribution in [-0.4, -0.2) is 19.1 Å². The van der Waals surface area contributed by atoms with E-state index in [2.05, 4.69) is 25.2 Å². The molecular weight excluding hydrogens is 248 g/mol. The van der Waals surface area contributed by atoms with Gasteiger partial charge < -0.3 is 5.32 Å². The van der Waals surface area contributed by atoms with Crippen LogP contribution in [0.2, 0.25) is 0 Å². The number of unbranched alkanes of at least 4 members (excludes halogenated alkanes) is 1. The van der Waals surface area contributed by atoms with Crippen LogP contribution in [-0.2, 0) is 6.42 Å². The van der Waals surface area contributed by atoms with E-state index in [1.165, 1.54) is 24.8 Å². The first-order valence-corrected chi connectivity index (χ1v) is 7.89. The first-order valence-electron chi connectivity index (χ1n) is 7.89. The van der Waals surface area contributed by atoms with Crippen molar-refractivity contribution in [3.05, 3.63) is 29.8 Å². The Kier molecular flexibility index (Phi) is 5.45. The molecule has 0 aromatic heterocycles. The average Bonchev–Trinajstić information content (AvgIpc) is 2.91. The van der Waals surface area contributed by atoms with Crippen molar-refractivity contribution in [3.63, 3.8) is 0 Å². The van der Waals surface area contributed by atoms with Gasteiger partial charge in [-0.15, -0.1) is 0 Å². The Hall–Kier alpha value is -1.51. The van der Waals surface area contributed by atoms with E-state index in [0.29, 0.717) is 5.92 Å². The number of urea groups is 1. The molecule has 1 aromatic rings. The first-order chi connectivity index (χ1) is 9.76. The molecule has 110 valence electrons. The Morgan fingerprint density at radius 2 is 2.15 bits per heavy atom. The van der Waals surface area contributed by atoms with Crippen molar-refractivity contribution in [1.82, 2.24) is 5.32 Å². The van der Waals surface area contributed by atoms with Gasteiger partial charge in [0.05, 0.1) is 0 Å². The quantitative estimate of drug-likeness (QED) is 0.836. The number of para-hydroxylation sites is 1. The summed E-state index contributed by atoms with van der Waals surface area (Å²) in [7, 11) is 0. The van der Waals surface area contributed by atoms with Crippen LogP contribution in [0.15, 0.2) is 24.3 Å². The summed E-state index contributed by atoms with van der Waals surface area (Å²) in [6.07, 6.45) is 5.79. The summed E-state index contributed by atoms with van der Waals surface area (Å²) in [6, 6.07) is 8.25. The lowest BCUT2D eigenvalue weighted by Crippen LogP contribution is -2.41. The maximum absolute atomic E-state index is 12.3. The number of hydrogen-bond donors (Lipinski definition) is 1. The maximum Gasteiger partial charge on any atom is 0.321 e. The molecule has 3 heteroatoms. The zero-order valence-electron chi connectivity index (χ0n) is 12.7. The Labute approximate surface area is 122 Å². The van der Waals surface area contributed by atoms with Crippen LogP contribution in [0.3, 0.4) is 0 Å². The minimum absolute atomic E-state index is 0.0601. The molecule has 3 nitrogen and oxygen atoms in total. The molecule has 0 saturated carbocycles. The number of benzene rings is 1.